The van der Waals surface area contributed by atoms with Gasteiger partial charge in [-0.1, -0.05) is 22.9 Å². The molecule has 1 atom stereocenters. The van der Waals surface area contributed by atoms with Crippen LogP contribution in [0.3, 0.4) is 0 Å². The molecule has 2 rings (SSSR count). The average Bonchev–Trinajstić information content (AvgIpc) is 2.50. The van der Waals surface area contributed by atoms with E-state index in [9.17, 15) is 0 Å². The van der Waals surface area contributed by atoms with Crippen LogP contribution in [0.4, 0.5) is 0 Å². The van der Waals surface area contributed by atoms with Crippen molar-refractivity contribution >= 4 is 27.7 Å². The number of ether oxygens (including phenoxy) is 1. The van der Waals surface area contributed by atoms with E-state index in [1.54, 1.807) is 11.8 Å². The Kier molecular flexibility index (Phi) is 6.15. The highest BCUT2D eigenvalue weighted by Crippen LogP contribution is 2.30. The van der Waals surface area contributed by atoms with E-state index in [1.807, 2.05) is 24.3 Å². The van der Waals surface area contributed by atoms with Crippen LogP contribution < -0.4 is 10.5 Å². The van der Waals surface area contributed by atoms with Gasteiger partial charge in [0.1, 0.15) is 11.5 Å². The lowest BCUT2D eigenvalue weighted by Crippen LogP contribution is -2.21. The summed E-state index contributed by atoms with van der Waals surface area (Å²) in [5.74, 6) is 1.72. The van der Waals surface area contributed by atoms with Gasteiger partial charge in [0.05, 0.1) is 0 Å². The zero-order chi connectivity index (χ0) is 15.2. The van der Waals surface area contributed by atoms with E-state index in [1.165, 1.54) is 4.90 Å². The Bertz CT molecular complexity index is 586. The predicted molar refractivity (Wildman–Crippen MR) is 94.4 cm³/mol. The minimum atomic E-state index is 0.153. The van der Waals surface area contributed by atoms with Gasteiger partial charge in [0, 0.05) is 15.4 Å². The maximum absolute atomic E-state index is 6.08. The minimum absolute atomic E-state index is 0.153. The first-order valence-electron chi connectivity index (χ1n) is 6.98. The third kappa shape index (κ3) is 4.77. The van der Waals surface area contributed by atoms with Crippen LogP contribution in [-0.4, -0.2) is 12.3 Å². The van der Waals surface area contributed by atoms with Crippen molar-refractivity contribution in [3.8, 4) is 11.5 Å². The lowest BCUT2D eigenvalue weighted by molar-refractivity contribution is 0.471. The maximum atomic E-state index is 6.08. The summed E-state index contributed by atoms with van der Waals surface area (Å²) >= 11 is 5.24. The lowest BCUT2D eigenvalue weighted by Gasteiger charge is -2.15. The molecule has 2 N–H and O–H groups in total. The zero-order valence-electron chi connectivity index (χ0n) is 12.3. The standard InChI is InChI=1S/C17H20BrNOS/c1-3-14(19)11-12-10-13(18)4-9-17(12)20-15-5-7-16(21-2)8-6-15/h4-10,14H,3,11,19H2,1-2H3. The first kappa shape index (κ1) is 16.4. The first-order valence-corrected chi connectivity index (χ1v) is 9.00. The van der Waals surface area contributed by atoms with E-state index in [2.05, 4.69) is 47.3 Å². The fourth-order valence-electron chi connectivity index (χ4n) is 2.00. The van der Waals surface area contributed by atoms with Crippen molar-refractivity contribution in [1.82, 2.24) is 0 Å². The Morgan fingerprint density at radius 1 is 1.19 bits per heavy atom. The Labute approximate surface area is 139 Å². The average molecular weight is 366 g/mol. The Morgan fingerprint density at radius 2 is 1.90 bits per heavy atom. The monoisotopic (exact) mass is 365 g/mol. The largest absolute Gasteiger partial charge is 0.457 e. The van der Waals surface area contributed by atoms with Gasteiger partial charge >= 0.3 is 0 Å². The third-order valence-corrected chi connectivity index (χ3v) is 4.55. The van der Waals surface area contributed by atoms with Crippen LogP contribution in [0.25, 0.3) is 0 Å². The Hall–Kier alpha value is -0.970. The molecule has 2 aromatic rings. The molecular formula is C17H20BrNOS. The van der Waals surface area contributed by atoms with Gasteiger partial charge in [-0.25, -0.2) is 0 Å². The Morgan fingerprint density at radius 3 is 2.52 bits per heavy atom. The van der Waals surface area contributed by atoms with Crippen molar-refractivity contribution < 1.29 is 4.74 Å². The van der Waals surface area contributed by atoms with E-state index >= 15 is 0 Å². The van der Waals surface area contributed by atoms with Gasteiger partial charge in [-0.15, -0.1) is 11.8 Å². The smallest absolute Gasteiger partial charge is 0.130 e. The van der Waals surface area contributed by atoms with E-state index < -0.39 is 0 Å². The molecule has 21 heavy (non-hydrogen) atoms. The van der Waals surface area contributed by atoms with Crippen LogP contribution in [0, 0.1) is 0 Å². The normalized spacial score (nSPS) is 12.2. The second-order valence-corrected chi connectivity index (χ2v) is 6.70. The number of hydrogen-bond donors (Lipinski definition) is 1. The van der Waals surface area contributed by atoms with Gasteiger partial charge in [0.2, 0.25) is 0 Å². The molecule has 0 radical (unpaired) electrons. The fourth-order valence-corrected chi connectivity index (χ4v) is 2.82. The van der Waals surface area contributed by atoms with Crippen molar-refractivity contribution in [2.24, 2.45) is 5.73 Å². The topological polar surface area (TPSA) is 35.2 Å². The molecule has 0 heterocycles. The summed E-state index contributed by atoms with van der Waals surface area (Å²) in [5.41, 5.74) is 7.21. The quantitative estimate of drug-likeness (QED) is 0.710. The molecule has 4 heteroatoms. The van der Waals surface area contributed by atoms with Gasteiger partial charge in [-0.3, -0.25) is 0 Å². The molecule has 112 valence electrons. The van der Waals surface area contributed by atoms with Crippen LogP contribution in [0.5, 0.6) is 11.5 Å². The molecule has 2 nitrogen and oxygen atoms in total. The summed E-state index contributed by atoms with van der Waals surface area (Å²) in [6.07, 6.45) is 3.83. The SMILES string of the molecule is CCC(N)Cc1cc(Br)ccc1Oc1ccc(SC)cc1. The van der Waals surface area contributed by atoms with Crippen LogP contribution in [0.1, 0.15) is 18.9 Å². The molecule has 0 aliphatic heterocycles. The molecule has 0 saturated carbocycles. The van der Waals surface area contributed by atoms with Gasteiger partial charge in [0.25, 0.3) is 0 Å². The molecule has 1 unspecified atom stereocenters. The van der Waals surface area contributed by atoms with E-state index in [0.717, 1.165) is 34.4 Å². The molecule has 0 amide bonds. The van der Waals surface area contributed by atoms with Gasteiger partial charge < -0.3 is 10.5 Å². The van der Waals surface area contributed by atoms with Crippen molar-refractivity contribution in [3.63, 3.8) is 0 Å². The molecular weight excluding hydrogens is 346 g/mol. The lowest BCUT2D eigenvalue weighted by atomic mass is 10.0. The van der Waals surface area contributed by atoms with Crippen LogP contribution in [0.2, 0.25) is 0 Å². The molecule has 0 aliphatic carbocycles. The number of halogens is 1. The second kappa shape index (κ2) is 7.87. The predicted octanol–water partition coefficient (Wildman–Crippen LogP) is 5.24. The number of benzene rings is 2. The van der Waals surface area contributed by atoms with Crippen molar-refractivity contribution in [3.05, 3.63) is 52.5 Å². The zero-order valence-corrected chi connectivity index (χ0v) is 14.7. The fraction of sp³-hybridized carbons (Fsp3) is 0.294. The van der Waals surface area contributed by atoms with Crippen molar-refractivity contribution in [2.45, 2.75) is 30.7 Å². The second-order valence-electron chi connectivity index (χ2n) is 4.90. The number of thioether (sulfide) groups is 1. The van der Waals surface area contributed by atoms with Crippen molar-refractivity contribution in [2.75, 3.05) is 6.26 Å². The minimum Gasteiger partial charge on any atom is -0.457 e. The van der Waals surface area contributed by atoms with Gasteiger partial charge in [0.15, 0.2) is 0 Å². The number of nitrogens with two attached hydrogens (primary N) is 1. The van der Waals surface area contributed by atoms with Crippen LogP contribution in [0.15, 0.2) is 51.8 Å². The van der Waals surface area contributed by atoms with Crippen LogP contribution in [-0.2, 0) is 6.42 Å². The summed E-state index contributed by atoms with van der Waals surface area (Å²) in [4.78, 5) is 1.23. The number of rotatable bonds is 6. The summed E-state index contributed by atoms with van der Waals surface area (Å²) in [5, 5.41) is 0. The summed E-state index contributed by atoms with van der Waals surface area (Å²) < 4.78 is 7.07. The molecule has 0 bridgehead atoms. The highest BCUT2D eigenvalue weighted by Gasteiger charge is 2.10. The third-order valence-electron chi connectivity index (χ3n) is 3.32. The van der Waals surface area contributed by atoms with Gasteiger partial charge in [-0.2, -0.15) is 0 Å². The molecule has 2 aromatic carbocycles. The molecule has 0 aliphatic rings. The van der Waals surface area contributed by atoms with E-state index in [-0.39, 0.29) is 6.04 Å². The summed E-state index contributed by atoms with van der Waals surface area (Å²) in [7, 11) is 0. The highest BCUT2D eigenvalue weighted by molar-refractivity contribution is 9.10. The highest BCUT2D eigenvalue weighted by atomic mass is 79.9. The van der Waals surface area contributed by atoms with Crippen LogP contribution >= 0.6 is 27.7 Å². The molecule has 0 fully saturated rings. The molecule has 0 saturated heterocycles. The number of hydrogen-bond acceptors (Lipinski definition) is 3. The van der Waals surface area contributed by atoms with E-state index in [0.29, 0.717) is 0 Å². The molecule has 0 spiro atoms. The summed E-state index contributed by atoms with van der Waals surface area (Å²) in [6.45, 7) is 2.10. The maximum Gasteiger partial charge on any atom is 0.130 e. The summed E-state index contributed by atoms with van der Waals surface area (Å²) in [6, 6.07) is 14.3. The van der Waals surface area contributed by atoms with Crippen molar-refractivity contribution in [1.29, 1.82) is 0 Å². The van der Waals surface area contributed by atoms with Gasteiger partial charge in [-0.05, 0) is 67.1 Å². The van der Waals surface area contributed by atoms with E-state index in [4.69, 9.17) is 10.5 Å². The molecule has 0 aromatic heterocycles. The first-order chi connectivity index (χ1) is 10.1. The Balaban J connectivity index is 2.21.